The highest BCUT2D eigenvalue weighted by atomic mass is 16.4. The number of carbonyl (C=O) groups is 1. The van der Waals surface area contributed by atoms with Crippen LogP contribution in [-0.4, -0.2) is 28.6 Å². The summed E-state index contributed by atoms with van der Waals surface area (Å²) in [5.41, 5.74) is 1.61. The fraction of sp³-hybridized carbons (Fsp3) is 0.381. The van der Waals surface area contributed by atoms with Crippen molar-refractivity contribution in [2.45, 2.75) is 44.9 Å². The molecule has 0 bridgehead atoms. The average molecular weight is 340 g/mol. The van der Waals surface area contributed by atoms with E-state index in [1.54, 1.807) is 0 Å². The van der Waals surface area contributed by atoms with Gasteiger partial charge in [-0.15, -0.1) is 0 Å². The van der Waals surface area contributed by atoms with Gasteiger partial charge >= 0.3 is 0 Å². The van der Waals surface area contributed by atoms with Crippen LogP contribution in [0.5, 0.6) is 0 Å². The minimum Gasteiger partial charge on any atom is -0.550 e. The third kappa shape index (κ3) is 4.91. The van der Waals surface area contributed by atoms with Gasteiger partial charge in [-0.2, -0.15) is 0 Å². The summed E-state index contributed by atoms with van der Waals surface area (Å²) in [5.74, 6) is -0.995. The Labute approximate surface area is 149 Å². The average Bonchev–Trinajstić information content (AvgIpc) is 2.93. The molecule has 0 aromatic heterocycles. The second kappa shape index (κ2) is 8.79. The van der Waals surface area contributed by atoms with Crippen LogP contribution in [0.4, 0.5) is 0 Å². The summed E-state index contributed by atoms with van der Waals surface area (Å²) in [4.78, 5) is 11.6. The number of benzene rings is 2. The fourth-order valence-electron chi connectivity index (χ4n) is 3.16. The first-order valence-electron chi connectivity index (χ1n) is 8.73. The molecule has 2 unspecified atom stereocenters. The maximum atomic E-state index is 11.0. The maximum Gasteiger partial charge on any atom is 0.106 e. The minimum atomic E-state index is -0.995. The second-order valence-electron chi connectivity index (χ2n) is 6.40. The molecular formula is C21H26NO3-. The van der Waals surface area contributed by atoms with Crippen molar-refractivity contribution >= 4 is 5.97 Å². The SMILES string of the molecule is CC1N(Cc2ccccc2)CCC1(O)c1ccccc1.CCC(=O)[O-]. The van der Waals surface area contributed by atoms with E-state index in [0.717, 1.165) is 25.1 Å². The molecule has 25 heavy (non-hydrogen) atoms. The summed E-state index contributed by atoms with van der Waals surface area (Å²) in [6.45, 7) is 5.50. The summed E-state index contributed by atoms with van der Waals surface area (Å²) >= 11 is 0. The predicted octanol–water partition coefficient (Wildman–Crippen LogP) is 2.31. The Morgan fingerprint density at radius 2 is 1.68 bits per heavy atom. The largest absolute Gasteiger partial charge is 0.550 e. The van der Waals surface area contributed by atoms with Gasteiger partial charge in [0, 0.05) is 25.1 Å². The third-order valence-corrected chi connectivity index (χ3v) is 4.81. The molecule has 2 atom stereocenters. The minimum absolute atomic E-state index is 0.111. The first-order valence-corrected chi connectivity index (χ1v) is 8.73. The molecule has 2 aromatic rings. The van der Waals surface area contributed by atoms with Gasteiger partial charge in [0.05, 0.1) is 0 Å². The highest BCUT2D eigenvalue weighted by molar-refractivity contribution is 5.63. The zero-order valence-electron chi connectivity index (χ0n) is 14.9. The molecule has 1 N–H and O–H groups in total. The highest BCUT2D eigenvalue weighted by Crippen LogP contribution is 2.38. The van der Waals surface area contributed by atoms with Crippen molar-refractivity contribution in [2.75, 3.05) is 6.54 Å². The van der Waals surface area contributed by atoms with Crippen LogP contribution in [0.2, 0.25) is 0 Å². The Hall–Kier alpha value is -2.17. The van der Waals surface area contributed by atoms with Gasteiger partial charge in [-0.1, -0.05) is 67.6 Å². The predicted molar refractivity (Wildman–Crippen MR) is 96.6 cm³/mol. The van der Waals surface area contributed by atoms with E-state index >= 15 is 0 Å². The summed E-state index contributed by atoms with van der Waals surface area (Å²) < 4.78 is 0. The zero-order valence-corrected chi connectivity index (χ0v) is 14.9. The van der Waals surface area contributed by atoms with Crippen molar-refractivity contribution in [3.8, 4) is 0 Å². The van der Waals surface area contributed by atoms with E-state index in [1.165, 1.54) is 12.5 Å². The van der Waals surface area contributed by atoms with Crippen LogP contribution in [0.1, 0.15) is 37.8 Å². The molecule has 3 rings (SSSR count). The Morgan fingerprint density at radius 3 is 2.20 bits per heavy atom. The molecule has 0 amide bonds. The summed E-state index contributed by atoms with van der Waals surface area (Å²) in [6.07, 6.45) is 0.908. The fourth-order valence-corrected chi connectivity index (χ4v) is 3.16. The molecule has 4 nitrogen and oxygen atoms in total. The molecular weight excluding hydrogens is 314 g/mol. The molecule has 0 saturated carbocycles. The zero-order chi connectivity index (χ0) is 18.3. The van der Waals surface area contributed by atoms with Gasteiger partial charge in [0.15, 0.2) is 0 Å². The molecule has 0 spiro atoms. The van der Waals surface area contributed by atoms with Crippen LogP contribution in [0.25, 0.3) is 0 Å². The summed E-state index contributed by atoms with van der Waals surface area (Å²) in [7, 11) is 0. The number of aliphatic hydroxyl groups is 1. The van der Waals surface area contributed by atoms with Crippen LogP contribution < -0.4 is 5.11 Å². The van der Waals surface area contributed by atoms with Crippen molar-refractivity contribution in [3.63, 3.8) is 0 Å². The van der Waals surface area contributed by atoms with E-state index in [0.29, 0.717) is 0 Å². The Morgan fingerprint density at radius 1 is 1.16 bits per heavy atom. The van der Waals surface area contributed by atoms with E-state index in [2.05, 4.69) is 36.1 Å². The summed E-state index contributed by atoms with van der Waals surface area (Å²) in [5, 5.41) is 20.3. The molecule has 1 aliphatic rings. The lowest BCUT2D eigenvalue weighted by Gasteiger charge is -2.32. The number of carboxylic acids is 1. The van der Waals surface area contributed by atoms with Crippen molar-refractivity contribution in [3.05, 3.63) is 71.8 Å². The molecule has 0 aliphatic carbocycles. The number of hydrogen-bond acceptors (Lipinski definition) is 4. The Kier molecular flexibility index (Phi) is 6.73. The van der Waals surface area contributed by atoms with Crippen molar-refractivity contribution in [2.24, 2.45) is 0 Å². The van der Waals surface area contributed by atoms with Crippen LogP contribution in [0, 0.1) is 0 Å². The number of hydrogen-bond donors (Lipinski definition) is 1. The first kappa shape index (κ1) is 19.2. The van der Waals surface area contributed by atoms with Crippen molar-refractivity contribution in [1.29, 1.82) is 0 Å². The molecule has 1 saturated heterocycles. The van der Waals surface area contributed by atoms with Gasteiger partial charge in [0.2, 0.25) is 0 Å². The monoisotopic (exact) mass is 340 g/mol. The number of rotatable bonds is 4. The van der Waals surface area contributed by atoms with Crippen molar-refractivity contribution < 1.29 is 15.0 Å². The topological polar surface area (TPSA) is 63.6 Å². The Bertz CT molecular complexity index is 659. The van der Waals surface area contributed by atoms with E-state index in [-0.39, 0.29) is 12.5 Å². The van der Waals surface area contributed by atoms with Crippen LogP contribution in [0.3, 0.4) is 0 Å². The quantitative estimate of drug-likeness (QED) is 0.928. The summed E-state index contributed by atoms with van der Waals surface area (Å²) in [6, 6.07) is 20.7. The number of carboxylic acid groups (broad SMARTS) is 1. The normalized spacial score (nSPS) is 22.9. The Balaban J connectivity index is 0.000000399. The van der Waals surface area contributed by atoms with Gasteiger partial charge < -0.3 is 15.0 Å². The molecule has 134 valence electrons. The number of nitrogens with zero attached hydrogens (tertiary/aromatic N) is 1. The number of likely N-dealkylation sites (tertiary alicyclic amines) is 1. The molecule has 4 heteroatoms. The number of aliphatic carboxylic acids is 1. The highest BCUT2D eigenvalue weighted by Gasteiger charge is 2.44. The second-order valence-corrected chi connectivity index (χ2v) is 6.40. The standard InChI is InChI=1S/C18H21NO.C3H6O2/c1-15-18(20,17-10-6-3-7-11-17)12-13-19(15)14-16-8-4-2-5-9-16;1-2-3(4)5/h2-11,15,20H,12-14H2,1H3;2H2,1H3,(H,4,5)/p-1. The molecule has 1 aliphatic heterocycles. The van der Waals surface area contributed by atoms with E-state index in [9.17, 15) is 15.0 Å². The van der Waals surface area contributed by atoms with Gasteiger partial charge in [-0.25, -0.2) is 0 Å². The lowest BCUT2D eigenvalue weighted by molar-refractivity contribution is -0.305. The third-order valence-electron chi connectivity index (χ3n) is 4.81. The molecule has 2 aromatic carbocycles. The lowest BCUT2D eigenvalue weighted by Crippen LogP contribution is -2.40. The van der Waals surface area contributed by atoms with Crippen LogP contribution in [-0.2, 0) is 16.9 Å². The van der Waals surface area contributed by atoms with Gasteiger partial charge in [0.25, 0.3) is 0 Å². The van der Waals surface area contributed by atoms with Gasteiger partial charge in [-0.05, 0) is 30.9 Å². The smallest absolute Gasteiger partial charge is 0.106 e. The molecule has 1 heterocycles. The lowest BCUT2D eigenvalue weighted by atomic mass is 9.87. The van der Waals surface area contributed by atoms with Crippen molar-refractivity contribution in [1.82, 2.24) is 4.90 Å². The molecule has 1 fully saturated rings. The maximum absolute atomic E-state index is 11.0. The van der Waals surface area contributed by atoms with E-state index in [1.807, 2.05) is 36.4 Å². The van der Waals surface area contributed by atoms with Crippen LogP contribution >= 0.6 is 0 Å². The van der Waals surface area contributed by atoms with Gasteiger partial charge in [-0.3, -0.25) is 4.90 Å². The number of carbonyl (C=O) groups excluding carboxylic acids is 1. The van der Waals surface area contributed by atoms with E-state index < -0.39 is 11.6 Å². The molecule has 0 radical (unpaired) electrons. The first-order chi connectivity index (χ1) is 12.0. The van der Waals surface area contributed by atoms with E-state index in [4.69, 9.17) is 0 Å². The van der Waals surface area contributed by atoms with Crippen LogP contribution in [0.15, 0.2) is 60.7 Å². The van der Waals surface area contributed by atoms with Gasteiger partial charge in [0.1, 0.15) is 5.60 Å².